The summed E-state index contributed by atoms with van der Waals surface area (Å²) in [6.07, 6.45) is 4.05. The van der Waals surface area contributed by atoms with Crippen LogP contribution in [0.3, 0.4) is 0 Å². The number of carboxylic acid groups (broad SMARTS) is 2. The van der Waals surface area contributed by atoms with E-state index in [1.807, 2.05) is 0 Å². The molecule has 54 heavy (non-hydrogen) atoms. The zero-order chi connectivity index (χ0) is 39.8. The standard InChI is InChI=1S/C39H44O15/c1-8-30(40)51-16-10-12-18-53-34-28(47-4)21-25(38(42)43)32(36(34)49-6)23-14-15-24(27(20-23)46-3)33-26(39(44)45)22-29(48-5)35(37(33)50-7)54-19-13-11-17-52-31(41)9-2/h8-9,14-15,20-22H,1-2,10-13,16-19H2,3-7H3,(H,42,43)(H,44,45). The smallest absolute Gasteiger partial charge is 0.336 e. The molecule has 0 heterocycles. The quantitative estimate of drug-likeness (QED) is 0.0628. The minimum Gasteiger partial charge on any atom is -0.496 e. The van der Waals surface area contributed by atoms with E-state index in [0.717, 1.165) is 12.2 Å². The zero-order valence-corrected chi connectivity index (χ0v) is 30.8. The van der Waals surface area contributed by atoms with Gasteiger partial charge in [0.15, 0.2) is 23.0 Å². The highest BCUT2D eigenvalue weighted by Gasteiger charge is 2.30. The van der Waals surface area contributed by atoms with Gasteiger partial charge >= 0.3 is 23.9 Å². The van der Waals surface area contributed by atoms with Gasteiger partial charge < -0.3 is 52.8 Å². The van der Waals surface area contributed by atoms with Gasteiger partial charge in [-0.25, -0.2) is 19.2 Å². The number of carboxylic acids is 2. The molecule has 0 saturated heterocycles. The molecule has 0 aliphatic heterocycles. The molecule has 0 saturated carbocycles. The topological polar surface area (TPSA) is 192 Å². The van der Waals surface area contributed by atoms with Crippen LogP contribution in [-0.2, 0) is 19.1 Å². The number of rotatable bonds is 23. The van der Waals surface area contributed by atoms with Gasteiger partial charge in [-0.15, -0.1) is 0 Å². The molecular weight excluding hydrogens is 708 g/mol. The highest BCUT2D eigenvalue weighted by molar-refractivity contribution is 6.03. The largest absolute Gasteiger partial charge is 0.496 e. The van der Waals surface area contributed by atoms with E-state index in [4.69, 9.17) is 42.6 Å². The molecule has 0 spiro atoms. The second kappa shape index (κ2) is 20.6. The Morgan fingerprint density at radius 2 is 0.981 bits per heavy atom. The van der Waals surface area contributed by atoms with Crippen molar-refractivity contribution in [3.63, 3.8) is 0 Å². The third-order valence-corrected chi connectivity index (χ3v) is 7.86. The van der Waals surface area contributed by atoms with Gasteiger partial charge in [0, 0.05) is 28.8 Å². The summed E-state index contributed by atoms with van der Waals surface area (Å²) < 4.78 is 50.3. The number of carbonyl (C=O) groups is 4. The Balaban J connectivity index is 2.13. The monoisotopic (exact) mass is 752 g/mol. The molecule has 2 N–H and O–H groups in total. The Labute approximate surface area is 312 Å². The van der Waals surface area contributed by atoms with Crippen molar-refractivity contribution in [2.45, 2.75) is 25.7 Å². The summed E-state index contributed by atoms with van der Waals surface area (Å²) in [4.78, 5) is 47.9. The van der Waals surface area contributed by atoms with Crippen molar-refractivity contribution < 1.29 is 72.0 Å². The second-order valence-corrected chi connectivity index (χ2v) is 11.1. The van der Waals surface area contributed by atoms with Crippen LogP contribution in [0.2, 0.25) is 0 Å². The molecule has 0 aliphatic carbocycles. The molecule has 0 aromatic heterocycles. The first-order chi connectivity index (χ1) is 26.0. The van der Waals surface area contributed by atoms with Crippen LogP contribution in [0.4, 0.5) is 0 Å². The van der Waals surface area contributed by atoms with Crippen LogP contribution < -0.4 is 33.2 Å². The summed E-state index contributed by atoms with van der Waals surface area (Å²) in [6, 6.07) is 7.28. The van der Waals surface area contributed by atoms with Crippen LogP contribution in [0.25, 0.3) is 22.3 Å². The lowest BCUT2D eigenvalue weighted by Crippen LogP contribution is -2.09. The van der Waals surface area contributed by atoms with Gasteiger partial charge in [-0.3, -0.25) is 0 Å². The molecule has 3 rings (SSSR count). The second-order valence-electron chi connectivity index (χ2n) is 11.1. The van der Waals surface area contributed by atoms with Gasteiger partial charge in [0.1, 0.15) is 5.75 Å². The lowest BCUT2D eigenvalue weighted by atomic mass is 9.92. The number of ether oxygens (including phenoxy) is 9. The van der Waals surface area contributed by atoms with E-state index in [1.165, 1.54) is 53.7 Å². The van der Waals surface area contributed by atoms with Crippen molar-refractivity contribution in [3.05, 3.63) is 66.8 Å². The molecule has 0 fully saturated rings. The van der Waals surface area contributed by atoms with Crippen LogP contribution in [0.5, 0.6) is 40.2 Å². The molecule has 0 atom stereocenters. The highest BCUT2D eigenvalue weighted by Crippen LogP contribution is 2.52. The van der Waals surface area contributed by atoms with Gasteiger partial charge in [-0.1, -0.05) is 19.2 Å². The van der Waals surface area contributed by atoms with Crippen LogP contribution in [-0.4, -0.2) is 96.1 Å². The van der Waals surface area contributed by atoms with E-state index < -0.39 is 23.9 Å². The summed E-state index contributed by atoms with van der Waals surface area (Å²) in [5.41, 5.74) is 0.469. The predicted molar refractivity (Wildman–Crippen MR) is 196 cm³/mol. The van der Waals surface area contributed by atoms with Crippen molar-refractivity contribution in [3.8, 4) is 62.5 Å². The molecule has 0 aliphatic rings. The molecule has 3 aromatic rings. The van der Waals surface area contributed by atoms with Crippen molar-refractivity contribution in [1.82, 2.24) is 0 Å². The van der Waals surface area contributed by atoms with Crippen LogP contribution >= 0.6 is 0 Å². The van der Waals surface area contributed by atoms with E-state index in [2.05, 4.69) is 13.2 Å². The first kappa shape index (κ1) is 42.0. The van der Waals surface area contributed by atoms with Crippen molar-refractivity contribution in [1.29, 1.82) is 0 Å². The van der Waals surface area contributed by atoms with Crippen LogP contribution in [0.1, 0.15) is 46.4 Å². The lowest BCUT2D eigenvalue weighted by Gasteiger charge is -2.22. The maximum atomic E-state index is 12.7. The van der Waals surface area contributed by atoms with E-state index in [1.54, 1.807) is 12.1 Å². The average Bonchev–Trinajstić information content (AvgIpc) is 3.18. The third kappa shape index (κ3) is 10.1. The lowest BCUT2D eigenvalue weighted by molar-refractivity contribution is -0.138. The van der Waals surface area contributed by atoms with Crippen LogP contribution in [0.15, 0.2) is 55.6 Å². The van der Waals surface area contributed by atoms with Crippen molar-refractivity contribution >= 4 is 23.9 Å². The summed E-state index contributed by atoms with van der Waals surface area (Å²) >= 11 is 0. The summed E-state index contributed by atoms with van der Waals surface area (Å²) in [5.74, 6) is -2.94. The normalized spacial score (nSPS) is 10.4. The van der Waals surface area contributed by atoms with Gasteiger partial charge in [0.2, 0.25) is 11.5 Å². The Morgan fingerprint density at radius 1 is 0.556 bits per heavy atom. The van der Waals surface area contributed by atoms with Gasteiger partial charge in [-0.2, -0.15) is 0 Å². The molecule has 290 valence electrons. The zero-order valence-electron chi connectivity index (χ0n) is 30.8. The number of hydrogen-bond donors (Lipinski definition) is 2. The average molecular weight is 753 g/mol. The number of aromatic carboxylic acids is 2. The molecule has 0 bridgehead atoms. The minimum atomic E-state index is -1.30. The number of benzene rings is 3. The number of hydrogen-bond acceptors (Lipinski definition) is 13. The van der Waals surface area contributed by atoms with Crippen molar-refractivity contribution in [2.75, 3.05) is 62.0 Å². The molecule has 0 radical (unpaired) electrons. The Kier molecular flexibility index (Phi) is 16.0. The Bertz CT molecular complexity index is 1850. The van der Waals surface area contributed by atoms with Crippen LogP contribution in [0, 0.1) is 0 Å². The fraction of sp³-hybridized carbons (Fsp3) is 0.333. The maximum absolute atomic E-state index is 12.7. The molecule has 15 nitrogen and oxygen atoms in total. The molecular formula is C39H44O15. The Morgan fingerprint density at radius 3 is 1.39 bits per heavy atom. The summed E-state index contributed by atoms with van der Waals surface area (Å²) in [7, 11) is 6.80. The maximum Gasteiger partial charge on any atom is 0.336 e. The number of esters is 2. The molecule has 15 heteroatoms. The number of methoxy groups -OCH3 is 5. The van der Waals surface area contributed by atoms with E-state index in [9.17, 15) is 29.4 Å². The van der Waals surface area contributed by atoms with Gasteiger partial charge in [0.25, 0.3) is 0 Å². The summed E-state index contributed by atoms with van der Waals surface area (Å²) in [5, 5.41) is 20.6. The fourth-order valence-electron chi connectivity index (χ4n) is 5.36. The molecule has 3 aromatic carbocycles. The van der Waals surface area contributed by atoms with E-state index >= 15 is 0 Å². The predicted octanol–water partition coefficient (Wildman–Crippen LogP) is 6.24. The first-order valence-electron chi connectivity index (χ1n) is 16.6. The van der Waals surface area contributed by atoms with Gasteiger partial charge in [-0.05, 0) is 55.5 Å². The SMILES string of the molecule is C=CC(=O)OCCCCOc1c(OC)cc(C(=O)O)c(-c2ccc(-c3c(C(=O)O)cc(OC)c(OCCCCOC(=O)C=C)c3OC)c(OC)c2)c1OC. The van der Waals surface area contributed by atoms with Gasteiger partial charge in [0.05, 0.1) is 73.1 Å². The minimum absolute atomic E-state index is 0.0408. The molecule has 0 amide bonds. The third-order valence-electron chi connectivity index (χ3n) is 7.86. The number of carbonyl (C=O) groups excluding carboxylic acids is 2. The highest BCUT2D eigenvalue weighted by atomic mass is 16.6. The van der Waals surface area contributed by atoms with E-state index in [-0.39, 0.29) is 94.5 Å². The summed E-state index contributed by atoms with van der Waals surface area (Å²) in [6.45, 7) is 7.32. The van der Waals surface area contributed by atoms with Crippen molar-refractivity contribution in [2.24, 2.45) is 0 Å². The van der Waals surface area contributed by atoms with E-state index in [0.29, 0.717) is 31.2 Å². The fourth-order valence-corrected chi connectivity index (χ4v) is 5.36. The number of unbranched alkanes of at least 4 members (excludes halogenated alkanes) is 2. The first-order valence-corrected chi connectivity index (χ1v) is 16.6. The molecule has 0 unspecified atom stereocenters. The Hall–Kier alpha value is -6.38.